The van der Waals surface area contributed by atoms with Crippen LogP contribution in [0.3, 0.4) is 0 Å². The van der Waals surface area contributed by atoms with E-state index in [1.165, 1.54) is 0 Å². The van der Waals surface area contributed by atoms with E-state index in [0.717, 1.165) is 0 Å². The number of carbonyl (C=O) groups is 1. The average molecular weight is 189 g/mol. The molecule has 4 N–H and O–H groups in total. The van der Waals surface area contributed by atoms with Gasteiger partial charge in [-0.05, 0) is 0 Å². The van der Waals surface area contributed by atoms with Gasteiger partial charge in [-0.2, -0.15) is 0 Å². The normalized spacial score (nSPS) is 7.30. The Hall–Kier alpha value is 0.726. The third-order valence-corrected chi connectivity index (χ3v) is 0.729. The molecule has 0 aromatic rings. The molecular formula is C3H8KN3O2S. The van der Waals surface area contributed by atoms with Crippen molar-refractivity contribution in [1.29, 1.82) is 5.41 Å². The molecule has 0 saturated carbocycles. The molecule has 54 valence electrons. The maximum atomic E-state index is 10.2. The van der Waals surface area contributed by atoms with Gasteiger partial charge in [-0.1, -0.05) is 0 Å². The molecule has 0 aromatic carbocycles. The van der Waals surface area contributed by atoms with Gasteiger partial charge in [0, 0.05) is 12.9 Å². The van der Waals surface area contributed by atoms with Crippen molar-refractivity contribution in [2.75, 3.05) is 6.54 Å². The van der Waals surface area contributed by atoms with Crippen molar-refractivity contribution in [3.63, 3.8) is 0 Å². The molecule has 0 aromatic heterocycles. The number of nitrogens with one attached hydrogen (secondary N) is 2. The number of hydrogen-bond acceptors (Lipinski definition) is 4. The molecule has 0 bridgehead atoms. The molecule has 0 heterocycles. The Morgan fingerprint density at radius 1 is 1.80 bits per heavy atom. The fourth-order valence-corrected chi connectivity index (χ4v) is 0.264. The van der Waals surface area contributed by atoms with Gasteiger partial charge in [0.2, 0.25) is 0 Å². The number of hydrogen-bond donors (Lipinski definition) is 4. The van der Waals surface area contributed by atoms with Crippen molar-refractivity contribution in [3.8, 4) is 0 Å². The first-order valence-corrected chi connectivity index (χ1v) is 2.45. The minimum absolute atomic E-state index is 0. The van der Waals surface area contributed by atoms with E-state index < -0.39 is 5.97 Å². The summed E-state index contributed by atoms with van der Waals surface area (Å²) >= 11 is 3.22. The van der Waals surface area contributed by atoms with Gasteiger partial charge in [0.15, 0.2) is 5.96 Å². The molecule has 0 unspecified atom stereocenters. The first-order valence-electron chi connectivity index (χ1n) is 2.09. The van der Waals surface area contributed by atoms with E-state index in [1.54, 1.807) is 0 Å². The zero-order chi connectivity index (χ0) is 7.28. The average Bonchev–Trinajstić information content (AvgIpc) is 1.83. The first-order chi connectivity index (χ1) is 4.16. The summed E-state index contributed by atoms with van der Waals surface area (Å²) in [4.78, 5) is 10.2. The molecule has 5 nitrogen and oxygen atoms in total. The fourth-order valence-electron chi connectivity index (χ4n) is 0.200. The zero-order valence-corrected chi connectivity index (χ0v) is 5.44. The monoisotopic (exact) mass is 189 g/mol. The third-order valence-electron chi connectivity index (χ3n) is 0.525. The number of thiol groups is 1. The van der Waals surface area contributed by atoms with Gasteiger partial charge >= 0.3 is 57.4 Å². The molecule has 0 rings (SSSR count). The molecule has 0 atom stereocenters. The minimum atomic E-state index is -0.575. The first kappa shape index (κ1) is 13.3. The van der Waals surface area contributed by atoms with Crippen molar-refractivity contribution in [1.82, 2.24) is 5.32 Å². The van der Waals surface area contributed by atoms with Crippen LogP contribution in [0.25, 0.3) is 0 Å². The summed E-state index contributed by atoms with van der Waals surface area (Å²) in [7, 11) is 0. The standard InChI is InChI=1S/C3H7N3O2S.K.H/c4-3(5)6-1-2(7)8-9;;/h9H,1H2,(H4,4,5,6);;. The Labute approximate surface area is 107 Å². The molecule has 0 amide bonds. The van der Waals surface area contributed by atoms with Crippen LogP contribution < -0.4 is 11.1 Å². The summed E-state index contributed by atoms with van der Waals surface area (Å²) in [5, 5.41) is 8.83. The van der Waals surface area contributed by atoms with Gasteiger partial charge in [-0.3, -0.25) is 5.41 Å². The number of rotatable bonds is 2. The summed E-state index contributed by atoms with van der Waals surface area (Å²) in [5.74, 6) is -0.845. The molecule has 10 heavy (non-hydrogen) atoms. The van der Waals surface area contributed by atoms with E-state index in [2.05, 4.69) is 22.4 Å². The fraction of sp³-hybridized carbons (Fsp3) is 0.333. The van der Waals surface area contributed by atoms with Gasteiger partial charge in [0.05, 0.1) is 0 Å². The number of carbonyl (C=O) groups excluding carboxylic acids is 1. The van der Waals surface area contributed by atoms with Gasteiger partial charge in [-0.15, -0.1) is 0 Å². The Bertz CT molecular complexity index is 131. The summed E-state index contributed by atoms with van der Waals surface area (Å²) in [6.07, 6.45) is 0. The zero-order valence-electron chi connectivity index (χ0n) is 4.55. The maximum absolute atomic E-state index is 10.2. The van der Waals surface area contributed by atoms with Crippen molar-refractivity contribution in [2.45, 2.75) is 0 Å². The van der Waals surface area contributed by atoms with Gasteiger partial charge < -0.3 is 15.2 Å². The van der Waals surface area contributed by atoms with Crippen LogP contribution in [0.1, 0.15) is 0 Å². The molecule has 0 aliphatic carbocycles. The Balaban J connectivity index is 0. The molecule has 0 saturated heterocycles. The Morgan fingerprint density at radius 3 is 2.60 bits per heavy atom. The Kier molecular flexibility index (Phi) is 10.4. The molecule has 7 heteroatoms. The SMILES string of the molecule is N=C(N)NCC(=O)OS.[KH]. The van der Waals surface area contributed by atoms with Crippen LogP contribution in [-0.4, -0.2) is 69.9 Å². The van der Waals surface area contributed by atoms with Crippen LogP contribution >= 0.6 is 12.9 Å². The van der Waals surface area contributed by atoms with Crippen molar-refractivity contribution >= 4 is 76.2 Å². The number of nitrogens with two attached hydrogens (primary N) is 1. The predicted octanol–water partition coefficient (Wildman–Crippen LogP) is -1.79. The van der Waals surface area contributed by atoms with Gasteiger partial charge in [0.25, 0.3) is 0 Å². The quantitative estimate of drug-likeness (QED) is 0.136. The van der Waals surface area contributed by atoms with Crippen LogP contribution in [0.4, 0.5) is 0 Å². The topological polar surface area (TPSA) is 88.2 Å². The van der Waals surface area contributed by atoms with Crippen molar-refractivity contribution in [3.05, 3.63) is 0 Å². The van der Waals surface area contributed by atoms with Crippen molar-refractivity contribution in [2.24, 2.45) is 5.73 Å². The van der Waals surface area contributed by atoms with E-state index in [1.807, 2.05) is 0 Å². The second-order valence-electron chi connectivity index (χ2n) is 1.23. The predicted molar refractivity (Wildman–Crippen MR) is 42.1 cm³/mol. The Morgan fingerprint density at radius 2 is 2.30 bits per heavy atom. The van der Waals surface area contributed by atoms with Crippen LogP contribution in [0.2, 0.25) is 0 Å². The van der Waals surface area contributed by atoms with Crippen LogP contribution in [-0.2, 0) is 8.98 Å². The van der Waals surface area contributed by atoms with Gasteiger partial charge in [0.1, 0.15) is 6.54 Å². The van der Waals surface area contributed by atoms with E-state index in [9.17, 15) is 4.79 Å². The third kappa shape index (κ3) is 8.73. The summed E-state index contributed by atoms with van der Waals surface area (Å²) in [6.45, 7) is -0.126. The van der Waals surface area contributed by atoms with Crippen molar-refractivity contribution < 1.29 is 8.98 Å². The molecule has 0 aliphatic heterocycles. The molecule has 0 aliphatic rings. The summed E-state index contributed by atoms with van der Waals surface area (Å²) in [6, 6.07) is 0. The molecule has 0 radical (unpaired) electrons. The number of guanidine groups is 1. The van der Waals surface area contributed by atoms with E-state index >= 15 is 0 Å². The van der Waals surface area contributed by atoms with Gasteiger partial charge in [-0.25, -0.2) is 4.79 Å². The van der Waals surface area contributed by atoms with Crippen LogP contribution in [0, 0.1) is 5.41 Å². The van der Waals surface area contributed by atoms with E-state index in [-0.39, 0.29) is 63.9 Å². The summed E-state index contributed by atoms with van der Waals surface area (Å²) in [5.41, 5.74) is 4.83. The van der Waals surface area contributed by atoms with E-state index in [0.29, 0.717) is 0 Å². The summed E-state index contributed by atoms with van der Waals surface area (Å²) < 4.78 is 3.94. The second kappa shape index (κ2) is 7.83. The molecular weight excluding hydrogens is 181 g/mol. The second-order valence-corrected chi connectivity index (χ2v) is 1.41. The molecule has 0 fully saturated rings. The van der Waals surface area contributed by atoms with Crippen LogP contribution in [0.5, 0.6) is 0 Å². The van der Waals surface area contributed by atoms with E-state index in [4.69, 9.17) is 11.1 Å². The van der Waals surface area contributed by atoms with Crippen LogP contribution in [0.15, 0.2) is 0 Å². The molecule has 0 spiro atoms.